The van der Waals surface area contributed by atoms with Crippen molar-refractivity contribution >= 4 is 11.3 Å². The molecular weight excluding hydrogens is 180 g/mol. The van der Waals surface area contributed by atoms with Gasteiger partial charge in [0.1, 0.15) is 5.82 Å². The van der Waals surface area contributed by atoms with Crippen molar-refractivity contribution in [2.75, 3.05) is 0 Å². The number of benzene rings is 1. The third-order valence-electron chi connectivity index (χ3n) is 1.51. The molecule has 0 fully saturated rings. The summed E-state index contributed by atoms with van der Waals surface area (Å²) < 4.78 is 12.5. The summed E-state index contributed by atoms with van der Waals surface area (Å²) in [7, 11) is 0. The molecule has 4 heteroatoms. The maximum absolute atomic E-state index is 12.5. The Kier molecular flexibility index (Phi) is 3.67. The van der Waals surface area contributed by atoms with Crippen LogP contribution >= 0.6 is 11.3 Å². The second-order valence-electron chi connectivity index (χ2n) is 2.31. The van der Waals surface area contributed by atoms with Crippen molar-refractivity contribution in [2.24, 2.45) is 0 Å². The number of hydrogen-bond acceptors (Lipinski definition) is 2. The van der Waals surface area contributed by atoms with Crippen LogP contribution in [0, 0.1) is 11.2 Å². The predicted octanol–water partition coefficient (Wildman–Crippen LogP) is -0.247. The molecule has 1 aromatic heterocycles. The summed E-state index contributed by atoms with van der Waals surface area (Å²) in [6.07, 6.45) is 0. The van der Waals surface area contributed by atoms with Crippen LogP contribution in [0.2, 0.25) is 0 Å². The molecule has 0 aliphatic carbocycles. The van der Waals surface area contributed by atoms with Gasteiger partial charge in [-0.1, -0.05) is 10.9 Å². The molecule has 0 bridgehead atoms. The van der Waals surface area contributed by atoms with E-state index in [-0.39, 0.29) is 24.7 Å². The molecule has 1 heterocycles. The van der Waals surface area contributed by atoms with E-state index in [0.29, 0.717) is 0 Å². The number of aromatic nitrogens is 1. The van der Waals surface area contributed by atoms with Crippen molar-refractivity contribution in [2.45, 2.75) is 0 Å². The van der Waals surface area contributed by atoms with Crippen LogP contribution in [0.4, 0.5) is 4.39 Å². The Morgan fingerprint density at radius 2 is 1.92 bits per heavy atom. The van der Waals surface area contributed by atoms with Crippen LogP contribution in [0.1, 0.15) is 0 Å². The van der Waals surface area contributed by atoms with Crippen molar-refractivity contribution < 1.29 is 23.3 Å². The zero-order chi connectivity index (χ0) is 8.39. The molecule has 1 nitrogen and oxygen atoms in total. The predicted molar refractivity (Wildman–Crippen MR) is 46.3 cm³/mol. The Morgan fingerprint density at radius 3 is 2.46 bits per heavy atom. The zero-order valence-electron chi connectivity index (χ0n) is 7.12. The number of hydrogen-bond donors (Lipinski definition) is 0. The summed E-state index contributed by atoms with van der Waals surface area (Å²) in [5, 5.41) is 2.98. The summed E-state index contributed by atoms with van der Waals surface area (Å²) in [6.45, 7) is 0. The molecule has 0 atom stereocenters. The van der Waals surface area contributed by atoms with Crippen molar-refractivity contribution in [3.05, 3.63) is 41.0 Å². The second-order valence-corrected chi connectivity index (χ2v) is 2.96. The molecule has 13 heavy (non-hydrogen) atoms. The summed E-state index contributed by atoms with van der Waals surface area (Å²) >= 11 is 1.41. The standard InChI is InChI=1S/C9H5FNS.Li/c10-8-3-1-7(2-4-8)9-5-12-6-11-9;/h1-4,6H;/q-1;+1. The van der Waals surface area contributed by atoms with Crippen LogP contribution < -0.4 is 18.9 Å². The largest absolute Gasteiger partial charge is 1.00 e. The summed E-state index contributed by atoms with van der Waals surface area (Å²) in [4.78, 5) is 4.06. The SMILES string of the molecule is Fc1ccc(-c2[c-]scn2)cc1.[Li+]. The van der Waals surface area contributed by atoms with Crippen LogP contribution in [0.5, 0.6) is 0 Å². The summed E-state index contributed by atoms with van der Waals surface area (Å²) in [5.41, 5.74) is 3.39. The number of rotatable bonds is 1. The van der Waals surface area contributed by atoms with Gasteiger partial charge < -0.3 is 4.98 Å². The van der Waals surface area contributed by atoms with Gasteiger partial charge in [-0.25, -0.2) is 4.39 Å². The van der Waals surface area contributed by atoms with Crippen LogP contribution in [-0.2, 0) is 0 Å². The average Bonchev–Trinajstić information content (AvgIpc) is 2.58. The maximum Gasteiger partial charge on any atom is 1.00 e. The van der Waals surface area contributed by atoms with Crippen LogP contribution in [0.3, 0.4) is 0 Å². The van der Waals surface area contributed by atoms with Gasteiger partial charge in [-0.05, 0) is 23.3 Å². The first-order chi connectivity index (χ1) is 5.86. The monoisotopic (exact) mass is 185 g/mol. The minimum absolute atomic E-state index is 0. The Morgan fingerprint density at radius 1 is 1.23 bits per heavy atom. The molecule has 0 unspecified atom stereocenters. The molecule has 2 aromatic rings. The molecule has 0 aliphatic rings. The van der Waals surface area contributed by atoms with Gasteiger partial charge in [-0.2, -0.15) is 0 Å². The number of nitrogens with zero attached hydrogens (tertiary/aromatic N) is 1. The van der Waals surface area contributed by atoms with Gasteiger partial charge in [0.2, 0.25) is 0 Å². The molecule has 0 amide bonds. The van der Waals surface area contributed by atoms with Gasteiger partial charge in [0.25, 0.3) is 0 Å². The van der Waals surface area contributed by atoms with Crippen molar-refractivity contribution in [1.29, 1.82) is 0 Å². The first-order valence-electron chi connectivity index (χ1n) is 3.43. The van der Waals surface area contributed by atoms with Crippen LogP contribution in [-0.4, -0.2) is 4.98 Å². The van der Waals surface area contributed by atoms with Crippen LogP contribution in [0.15, 0.2) is 29.8 Å². The fraction of sp³-hybridized carbons (Fsp3) is 0. The van der Waals surface area contributed by atoms with E-state index in [9.17, 15) is 4.39 Å². The molecule has 0 N–H and O–H groups in total. The minimum Gasteiger partial charge on any atom is -0.335 e. The van der Waals surface area contributed by atoms with Gasteiger partial charge in [-0.3, -0.25) is 11.3 Å². The van der Waals surface area contributed by atoms with Crippen molar-refractivity contribution in [1.82, 2.24) is 4.98 Å². The third kappa shape index (κ3) is 2.41. The maximum atomic E-state index is 12.5. The van der Waals surface area contributed by atoms with E-state index < -0.39 is 0 Å². The quantitative estimate of drug-likeness (QED) is 0.441. The molecule has 0 aliphatic heterocycles. The molecule has 2 rings (SSSR count). The van der Waals surface area contributed by atoms with Crippen molar-refractivity contribution in [3.8, 4) is 11.3 Å². The van der Waals surface area contributed by atoms with Crippen molar-refractivity contribution in [3.63, 3.8) is 0 Å². The third-order valence-corrected chi connectivity index (χ3v) is 2.03. The van der Waals surface area contributed by atoms with E-state index in [1.807, 2.05) is 0 Å². The molecular formula is C9H5FLiNS. The second kappa shape index (κ2) is 4.57. The van der Waals surface area contributed by atoms with Gasteiger partial charge in [0.05, 0.1) is 0 Å². The summed E-state index contributed by atoms with van der Waals surface area (Å²) in [5.74, 6) is -0.228. The van der Waals surface area contributed by atoms with E-state index in [1.165, 1.54) is 23.5 Å². The van der Waals surface area contributed by atoms with Gasteiger partial charge in [0, 0.05) is 0 Å². The summed E-state index contributed by atoms with van der Waals surface area (Å²) in [6, 6.07) is 6.23. The zero-order valence-corrected chi connectivity index (χ0v) is 7.94. The van der Waals surface area contributed by atoms with E-state index in [0.717, 1.165) is 11.3 Å². The fourth-order valence-electron chi connectivity index (χ4n) is 0.929. The van der Waals surface area contributed by atoms with Gasteiger partial charge >= 0.3 is 18.9 Å². The normalized spacial score (nSPS) is 9.31. The Hall–Kier alpha value is -0.623. The number of thiazole rings is 1. The first kappa shape index (κ1) is 10.5. The number of halogens is 1. The average molecular weight is 185 g/mol. The smallest absolute Gasteiger partial charge is 0.335 e. The molecule has 0 spiro atoms. The Labute approximate surface area is 91.8 Å². The van der Waals surface area contributed by atoms with Crippen LogP contribution in [0.25, 0.3) is 11.3 Å². The molecule has 60 valence electrons. The molecule has 0 saturated carbocycles. The van der Waals surface area contributed by atoms with E-state index in [4.69, 9.17) is 0 Å². The fourth-order valence-corrected chi connectivity index (χ4v) is 1.42. The Bertz CT molecular complexity index is 358. The topological polar surface area (TPSA) is 12.9 Å². The molecule has 1 aromatic carbocycles. The Balaban J connectivity index is 0.000000845. The minimum atomic E-state index is -0.228. The molecule has 0 saturated heterocycles. The van der Waals surface area contributed by atoms with Gasteiger partial charge in [0.15, 0.2) is 0 Å². The van der Waals surface area contributed by atoms with E-state index in [2.05, 4.69) is 10.4 Å². The van der Waals surface area contributed by atoms with Gasteiger partial charge in [-0.15, -0.1) is 12.1 Å². The van der Waals surface area contributed by atoms with E-state index in [1.54, 1.807) is 17.6 Å². The van der Waals surface area contributed by atoms with E-state index >= 15 is 0 Å². The molecule has 0 radical (unpaired) electrons. The first-order valence-corrected chi connectivity index (χ1v) is 4.31.